The summed E-state index contributed by atoms with van der Waals surface area (Å²) in [4.78, 5) is 16.7. The second kappa shape index (κ2) is 9.75. The predicted octanol–water partition coefficient (Wildman–Crippen LogP) is 1.21. The van der Waals surface area contributed by atoms with Crippen LogP contribution >= 0.6 is 0 Å². The van der Waals surface area contributed by atoms with Gasteiger partial charge < -0.3 is 25.5 Å². The minimum Gasteiger partial charge on any atom is -0.387 e. The Morgan fingerprint density at radius 3 is 2.36 bits per heavy atom. The highest BCUT2D eigenvalue weighted by Crippen LogP contribution is 2.12. The van der Waals surface area contributed by atoms with E-state index in [4.69, 9.17) is 0 Å². The van der Waals surface area contributed by atoms with Gasteiger partial charge in [0.2, 0.25) is 0 Å². The minimum atomic E-state index is -0.686. The van der Waals surface area contributed by atoms with E-state index in [1.807, 2.05) is 31.2 Å². The zero-order valence-electron chi connectivity index (χ0n) is 15.7. The molecule has 1 aliphatic heterocycles. The summed E-state index contributed by atoms with van der Waals surface area (Å²) in [5.41, 5.74) is 1.96. The Balaban J connectivity index is 1.62. The van der Waals surface area contributed by atoms with Crippen molar-refractivity contribution in [3.05, 3.63) is 35.4 Å². The van der Waals surface area contributed by atoms with Crippen molar-refractivity contribution in [3.63, 3.8) is 0 Å². The van der Waals surface area contributed by atoms with Crippen molar-refractivity contribution in [1.82, 2.24) is 20.4 Å². The molecule has 2 amide bonds. The summed E-state index contributed by atoms with van der Waals surface area (Å²) in [6, 6.07) is 7.46. The number of amides is 2. The quantitative estimate of drug-likeness (QED) is 0.693. The van der Waals surface area contributed by atoms with Crippen molar-refractivity contribution in [2.24, 2.45) is 5.92 Å². The minimum absolute atomic E-state index is 0.210. The molecule has 0 bridgehead atoms. The fourth-order valence-electron chi connectivity index (χ4n) is 2.96. The second-order valence-corrected chi connectivity index (χ2v) is 7.23. The van der Waals surface area contributed by atoms with Gasteiger partial charge in [-0.25, -0.2) is 4.79 Å². The molecule has 2 unspecified atom stereocenters. The number of carbonyl (C=O) groups excluding carboxylic acids is 1. The summed E-state index contributed by atoms with van der Waals surface area (Å²) >= 11 is 0. The molecule has 2 rings (SSSR count). The lowest BCUT2D eigenvalue weighted by molar-refractivity contribution is 0.138. The van der Waals surface area contributed by atoms with E-state index in [0.29, 0.717) is 12.5 Å². The molecule has 0 saturated carbocycles. The van der Waals surface area contributed by atoms with Gasteiger partial charge >= 0.3 is 6.03 Å². The Kier molecular flexibility index (Phi) is 7.68. The number of hydrogen-bond donors (Lipinski definition) is 3. The first kappa shape index (κ1) is 19.7. The van der Waals surface area contributed by atoms with Gasteiger partial charge in [-0.2, -0.15) is 0 Å². The van der Waals surface area contributed by atoms with E-state index in [-0.39, 0.29) is 12.6 Å². The van der Waals surface area contributed by atoms with Crippen LogP contribution in [-0.2, 0) is 0 Å². The molecule has 0 aromatic heterocycles. The molecule has 25 heavy (non-hydrogen) atoms. The van der Waals surface area contributed by atoms with Crippen LogP contribution in [-0.4, -0.2) is 73.8 Å². The normalized spacial score (nSPS) is 18.6. The maximum absolute atomic E-state index is 11.9. The van der Waals surface area contributed by atoms with Crippen LogP contribution in [0, 0.1) is 12.8 Å². The molecule has 0 spiro atoms. The predicted molar refractivity (Wildman–Crippen MR) is 101 cm³/mol. The Morgan fingerprint density at radius 1 is 1.12 bits per heavy atom. The molecule has 1 aliphatic rings. The highest BCUT2D eigenvalue weighted by Gasteiger charge is 2.16. The van der Waals surface area contributed by atoms with Crippen LogP contribution in [0.15, 0.2) is 24.3 Å². The lowest BCUT2D eigenvalue weighted by Gasteiger charge is -2.33. The van der Waals surface area contributed by atoms with Crippen LogP contribution in [0.2, 0.25) is 0 Å². The van der Waals surface area contributed by atoms with Crippen LogP contribution < -0.4 is 10.6 Å². The number of aliphatic hydroxyl groups is 1. The van der Waals surface area contributed by atoms with Crippen molar-refractivity contribution in [2.75, 3.05) is 52.9 Å². The molecule has 3 N–H and O–H groups in total. The van der Waals surface area contributed by atoms with Crippen molar-refractivity contribution in [1.29, 1.82) is 0 Å². The van der Waals surface area contributed by atoms with Crippen molar-refractivity contribution < 1.29 is 9.90 Å². The molecule has 2 atom stereocenters. The third-order valence-electron chi connectivity index (χ3n) is 4.69. The maximum Gasteiger partial charge on any atom is 0.314 e. The summed E-state index contributed by atoms with van der Waals surface area (Å²) in [6.07, 6.45) is -0.686. The van der Waals surface area contributed by atoms with Gasteiger partial charge in [0.1, 0.15) is 0 Å². The van der Waals surface area contributed by atoms with E-state index in [0.717, 1.165) is 43.9 Å². The Hall–Kier alpha value is -1.63. The number of nitrogens with zero attached hydrogens (tertiary/aromatic N) is 2. The number of hydrogen-bond acceptors (Lipinski definition) is 4. The fourth-order valence-corrected chi connectivity index (χ4v) is 2.96. The first-order valence-corrected chi connectivity index (χ1v) is 9.11. The fraction of sp³-hybridized carbons (Fsp3) is 0.632. The molecule has 0 aliphatic carbocycles. The Morgan fingerprint density at radius 2 is 1.72 bits per heavy atom. The van der Waals surface area contributed by atoms with Crippen LogP contribution in [0.3, 0.4) is 0 Å². The zero-order chi connectivity index (χ0) is 18.2. The SMILES string of the molecule is Cc1ccc(C(O)CNC(=O)NCC(C)CN2CCN(C)CC2)cc1. The number of aryl methyl sites for hydroxylation is 1. The molecule has 6 nitrogen and oxygen atoms in total. The number of carbonyl (C=O) groups is 1. The van der Waals surface area contributed by atoms with Gasteiger partial charge in [-0.3, -0.25) is 0 Å². The van der Waals surface area contributed by atoms with E-state index in [2.05, 4.69) is 34.4 Å². The van der Waals surface area contributed by atoms with Crippen LogP contribution in [0.25, 0.3) is 0 Å². The van der Waals surface area contributed by atoms with Gasteiger partial charge in [-0.1, -0.05) is 36.8 Å². The summed E-state index contributed by atoms with van der Waals surface area (Å²) in [5, 5.41) is 15.8. The van der Waals surface area contributed by atoms with Crippen molar-refractivity contribution >= 4 is 6.03 Å². The molecule has 1 heterocycles. The summed E-state index contributed by atoms with van der Waals surface area (Å²) in [6.45, 7) is 10.4. The maximum atomic E-state index is 11.9. The molecule has 140 valence electrons. The van der Waals surface area contributed by atoms with E-state index >= 15 is 0 Å². The third kappa shape index (κ3) is 7.02. The molecule has 1 aromatic rings. The van der Waals surface area contributed by atoms with Crippen LogP contribution in [0.5, 0.6) is 0 Å². The van der Waals surface area contributed by atoms with Crippen LogP contribution in [0.1, 0.15) is 24.2 Å². The van der Waals surface area contributed by atoms with E-state index in [1.54, 1.807) is 0 Å². The van der Waals surface area contributed by atoms with Gasteiger partial charge in [0.05, 0.1) is 6.10 Å². The van der Waals surface area contributed by atoms with E-state index in [1.165, 1.54) is 0 Å². The molecular weight excluding hydrogens is 316 g/mol. The van der Waals surface area contributed by atoms with Crippen molar-refractivity contribution in [2.45, 2.75) is 20.0 Å². The molecule has 1 saturated heterocycles. The molecule has 0 radical (unpaired) electrons. The number of nitrogens with one attached hydrogen (secondary N) is 2. The van der Waals surface area contributed by atoms with Crippen molar-refractivity contribution in [3.8, 4) is 0 Å². The van der Waals surface area contributed by atoms with Gasteiger partial charge in [0.25, 0.3) is 0 Å². The summed E-state index contributed by atoms with van der Waals surface area (Å²) in [5.74, 6) is 0.399. The lowest BCUT2D eigenvalue weighted by atomic mass is 10.1. The van der Waals surface area contributed by atoms with Gasteiger partial charge in [0.15, 0.2) is 0 Å². The van der Waals surface area contributed by atoms with E-state index in [9.17, 15) is 9.90 Å². The number of urea groups is 1. The molecule has 1 fully saturated rings. The monoisotopic (exact) mass is 348 g/mol. The number of piperazine rings is 1. The average Bonchev–Trinajstić information content (AvgIpc) is 2.60. The summed E-state index contributed by atoms with van der Waals surface area (Å²) in [7, 11) is 2.15. The lowest BCUT2D eigenvalue weighted by Crippen LogP contribution is -2.47. The smallest absolute Gasteiger partial charge is 0.314 e. The van der Waals surface area contributed by atoms with Gasteiger partial charge in [-0.15, -0.1) is 0 Å². The second-order valence-electron chi connectivity index (χ2n) is 7.23. The zero-order valence-corrected chi connectivity index (χ0v) is 15.7. The number of benzene rings is 1. The van der Waals surface area contributed by atoms with E-state index < -0.39 is 6.10 Å². The van der Waals surface area contributed by atoms with Gasteiger partial charge in [0, 0.05) is 45.8 Å². The first-order chi connectivity index (χ1) is 11.9. The topological polar surface area (TPSA) is 67.8 Å². The molecular formula is C19H32N4O2. The van der Waals surface area contributed by atoms with Gasteiger partial charge in [-0.05, 0) is 25.5 Å². The third-order valence-corrected chi connectivity index (χ3v) is 4.69. The van der Waals surface area contributed by atoms with Crippen LogP contribution in [0.4, 0.5) is 4.79 Å². The molecule has 1 aromatic carbocycles. The highest BCUT2D eigenvalue weighted by molar-refractivity contribution is 5.73. The Bertz CT molecular complexity index is 527. The molecule has 6 heteroatoms. The standard InChI is InChI=1S/C19H32N4O2/c1-15-4-6-17(7-5-15)18(24)13-21-19(25)20-12-16(2)14-23-10-8-22(3)9-11-23/h4-7,16,18,24H,8-14H2,1-3H3,(H2,20,21,25). The average molecular weight is 348 g/mol. The number of rotatable bonds is 7. The number of likely N-dealkylation sites (N-methyl/N-ethyl adjacent to an activating group) is 1. The highest BCUT2D eigenvalue weighted by atomic mass is 16.3. The Labute approximate surface area is 151 Å². The largest absolute Gasteiger partial charge is 0.387 e. The number of aliphatic hydroxyl groups excluding tert-OH is 1. The first-order valence-electron chi connectivity index (χ1n) is 9.11. The summed E-state index contributed by atoms with van der Waals surface area (Å²) < 4.78 is 0.